The molecule has 2 atom stereocenters. The molecule has 0 N–H and O–H groups in total. The van der Waals surface area contributed by atoms with E-state index in [4.69, 9.17) is 23.7 Å². The number of esters is 1. The molecule has 0 saturated carbocycles. The van der Waals surface area contributed by atoms with Crippen molar-refractivity contribution in [3.05, 3.63) is 27.8 Å². The van der Waals surface area contributed by atoms with Crippen molar-refractivity contribution in [1.29, 1.82) is 0 Å². The summed E-state index contributed by atoms with van der Waals surface area (Å²) >= 11 is 0. The number of carbonyl (C=O) groups excluding carboxylic acids is 3. The number of ether oxygens (including phenoxy) is 5. The number of hydrogen-bond donors (Lipinski definition) is 0. The first-order valence-electron chi connectivity index (χ1n) is 12.3. The summed E-state index contributed by atoms with van der Waals surface area (Å²) in [5.74, 6) is -0.621. The Morgan fingerprint density at radius 3 is 2.16 bits per heavy atom. The highest BCUT2D eigenvalue weighted by Crippen LogP contribution is 2.41. The fourth-order valence-corrected chi connectivity index (χ4v) is 4.25. The van der Waals surface area contributed by atoms with Crippen LogP contribution < -0.4 is 9.47 Å². The maximum absolute atomic E-state index is 13.5. The van der Waals surface area contributed by atoms with Crippen LogP contribution in [0.15, 0.2) is 12.1 Å². The molecule has 38 heavy (non-hydrogen) atoms. The number of nitrogens with zero attached hydrogens (tertiary/aromatic N) is 3. The molecule has 1 aromatic carbocycles. The largest absolute Gasteiger partial charge is 0.466 e. The van der Waals surface area contributed by atoms with Gasteiger partial charge in [-0.2, -0.15) is 0 Å². The third-order valence-corrected chi connectivity index (χ3v) is 5.64. The predicted octanol–water partition coefficient (Wildman–Crippen LogP) is 4.21. The van der Waals surface area contributed by atoms with Crippen molar-refractivity contribution in [3.63, 3.8) is 0 Å². The van der Waals surface area contributed by atoms with Crippen molar-refractivity contribution in [2.45, 2.75) is 78.6 Å². The topological polar surface area (TPSA) is 147 Å². The summed E-state index contributed by atoms with van der Waals surface area (Å²) in [6, 6.07) is 1.85. The van der Waals surface area contributed by atoms with Crippen LogP contribution in [0, 0.1) is 16.0 Å². The zero-order valence-electron chi connectivity index (χ0n) is 22.8. The minimum Gasteiger partial charge on any atom is -0.466 e. The highest BCUT2D eigenvalue weighted by atomic mass is 16.7. The molecule has 0 aliphatic carbocycles. The van der Waals surface area contributed by atoms with Gasteiger partial charge >= 0.3 is 18.2 Å². The number of nitro benzene ring substituents is 1. The van der Waals surface area contributed by atoms with Crippen LogP contribution in [0.4, 0.5) is 15.3 Å². The minimum absolute atomic E-state index is 0.0734. The minimum atomic E-state index is -0.911. The summed E-state index contributed by atoms with van der Waals surface area (Å²) in [7, 11) is 0. The lowest BCUT2D eigenvalue weighted by Crippen LogP contribution is -2.52. The van der Waals surface area contributed by atoms with Gasteiger partial charge in [-0.25, -0.2) is 19.6 Å². The van der Waals surface area contributed by atoms with Crippen LogP contribution in [0.1, 0.15) is 60.5 Å². The summed E-state index contributed by atoms with van der Waals surface area (Å²) in [6.07, 6.45) is -1.91. The Morgan fingerprint density at radius 2 is 1.61 bits per heavy atom. The van der Waals surface area contributed by atoms with E-state index in [1.54, 1.807) is 48.5 Å². The Kier molecular flexibility index (Phi) is 8.27. The summed E-state index contributed by atoms with van der Waals surface area (Å²) in [6.45, 7) is 11.7. The number of rotatable bonds is 6. The molecule has 13 nitrogen and oxygen atoms in total. The maximum Gasteiger partial charge on any atom is 0.429 e. The highest BCUT2D eigenvalue weighted by Gasteiger charge is 2.49. The lowest BCUT2D eigenvalue weighted by Gasteiger charge is -2.35. The number of carbonyl (C=O) groups is 3. The highest BCUT2D eigenvalue weighted by molar-refractivity contribution is 5.77. The molecule has 0 aromatic heterocycles. The smallest absolute Gasteiger partial charge is 0.429 e. The summed E-state index contributed by atoms with van der Waals surface area (Å²) in [5.41, 5.74) is -1.80. The zero-order valence-corrected chi connectivity index (χ0v) is 22.8. The second-order valence-electron chi connectivity index (χ2n) is 11.0. The Morgan fingerprint density at radius 1 is 1.03 bits per heavy atom. The molecule has 1 saturated heterocycles. The van der Waals surface area contributed by atoms with Gasteiger partial charge in [0.05, 0.1) is 36.6 Å². The molecule has 0 unspecified atom stereocenters. The first-order chi connectivity index (χ1) is 17.6. The van der Waals surface area contributed by atoms with E-state index in [-0.39, 0.29) is 49.8 Å². The summed E-state index contributed by atoms with van der Waals surface area (Å²) in [5, 5.41) is 14.1. The average molecular weight is 538 g/mol. The van der Waals surface area contributed by atoms with Crippen LogP contribution in [0.3, 0.4) is 0 Å². The molecule has 1 fully saturated rings. The zero-order chi connectivity index (χ0) is 28.4. The third-order valence-electron chi connectivity index (χ3n) is 5.64. The second-order valence-corrected chi connectivity index (χ2v) is 11.0. The molecule has 1 aromatic rings. The van der Waals surface area contributed by atoms with Gasteiger partial charge in [-0.05, 0) is 54.5 Å². The number of benzene rings is 1. The van der Waals surface area contributed by atoms with Crippen molar-refractivity contribution in [2.75, 3.05) is 19.9 Å². The molecule has 13 heteroatoms. The van der Waals surface area contributed by atoms with Crippen LogP contribution in [-0.4, -0.2) is 70.3 Å². The van der Waals surface area contributed by atoms with Gasteiger partial charge in [-0.1, -0.05) is 0 Å². The fraction of sp³-hybridized carbons (Fsp3) is 0.640. The van der Waals surface area contributed by atoms with E-state index in [1.165, 1.54) is 12.1 Å². The molecular formula is C25H35N3O10. The first-order valence-corrected chi connectivity index (χ1v) is 12.3. The first kappa shape index (κ1) is 28.8. The number of amides is 2. The van der Waals surface area contributed by atoms with Crippen LogP contribution in [0.25, 0.3) is 0 Å². The van der Waals surface area contributed by atoms with Crippen molar-refractivity contribution in [2.24, 2.45) is 5.92 Å². The lowest BCUT2D eigenvalue weighted by atomic mass is 9.91. The maximum atomic E-state index is 13.5. The number of hydrogen-bond acceptors (Lipinski definition) is 10. The fourth-order valence-electron chi connectivity index (χ4n) is 4.25. The number of nitro groups is 1. The van der Waals surface area contributed by atoms with Crippen molar-refractivity contribution >= 4 is 23.8 Å². The normalized spacial score (nSPS) is 18.8. The van der Waals surface area contributed by atoms with Gasteiger partial charge in [0.2, 0.25) is 6.79 Å². The molecule has 2 amide bonds. The van der Waals surface area contributed by atoms with E-state index in [1.807, 2.05) is 0 Å². The van der Waals surface area contributed by atoms with E-state index < -0.39 is 46.2 Å². The number of fused-ring (bicyclic) bond motifs is 1. The Balaban J connectivity index is 2.08. The van der Waals surface area contributed by atoms with Crippen LogP contribution >= 0.6 is 0 Å². The Hall–Kier alpha value is -3.77. The quantitative estimate of drug-likeness (QED) is 0.224. The molecule has 2 heterocycles. The number of hydrazine groups is 1. The molecule has 210 valence electrons. The molecular weight excluding hydrogens is 502 g/mol. The monoisotopic (exact) mass is 537 g/mol. The second kappa shape index (κ2) is 10.9. The van der Waals surface area contributed by atoms with E-state index in [0.29, 0.717) is 5.75 Å². The predicted molar refractivity (Wildman–Crippen MR) is 132 cm³/mol. The van der Waals surface area contributed by atoms with E-state index in [2.05, 4.69) is 0 Å². The molecule has 2 aliphatic rings. The molecule has 0 radical (unpaired) electrons. The van der Waals surface area contributed by atoms with Crippen LogP contribution in [-0.2, 0) is 25.4 Å². The van der Waals surface area contributed by atoms with Crippen molar-refractivity contribution in [1.82, 2.24) is 10.0 Å². The van der Waals surface area contributed by atoms with Gasteiger partial charge in [-0.15, -0.1) is 0 Å². The van der Waals surface area contributed by atoms with Gasteiger partial charge in [-0.3, -0.25) is 14.9 Å². The van der Waals surface area contributed by atoms with Crippen LogP contribution in [0.2, 0.25) is 0 Å². The van der Waals surface area contributed by atoms with E-state index >= 15 is 0 Å². The Bertz CT molecular complexity index is 1090. The molecule has 2 aliphatic heterocycles. The third kappa shape index (κ3) is 6.95. The van der Waals surface area contributed by atoms with Gasteiger partial charge in [0, 0.05) is 17.9 Å². The molecule has 0 bridgehead atoms. The summed E-state index contributed by atoms with van der Waals surface area (Å²) in [4.78, 5) is 50.5. The molecule has 0 spiro atoms. The van der Waals surface area contributed by atoms with Crippen molar-refractivity contribution < 1.29 is 43.0 Å². The molecule has 3 rings (SSSR count). The summed E-state index contributed by atoms with van der Waals surface area (Å²) < 4.78 is 26.9. The van der Waals surface area contributed by atoms with E-state index in [9.17, 15) is 24.5 Å². The van der Waals surface area contributed by atoms with Crippen LogP contribution in [0.5, 0.6) is 11.5 Å². The van der Waals surface area contributed by atoms with Crippen molar-refractivity contribution in [3.8, 4) is 11.5 Å². The van der Waals surface area contributed by atoms with E-state index in [0.717, 1.165) is 10.0 Å². The van der Waals surface area contributed by atoms with Gasteiger partial charge < -0.3 is 23.7 Å². The lowest BCUT2D eigenvalue weighted by molar-refractivity contribution is -0.385. The van der Waals surface area contributed by atoms with Gasteiger partial charge in [0.25, 0.3) is 5.69 Å². The van der Waals surface area contributed by atoms with Gasteiger partial charge in [0.15, 0.2) is 11.5 Å². The average Bonchev–Trinajstić information content (AvgIpc) is 3.35. The SMILES string of the molecule is CCOC(=O)C[C@H]1CN(C(=O)OC(C)(C)C)N(C(=O)OC(C)(C)C)[C@@H]1Cc1cc2c(cc1[N+](=O)[O-])OCO2. The Labute approximate surface area is 221 Å². The standard InChI is InChI=1S/C25H35N3O10/c1-8-34-21(29)11-16-13-26(22(30)37-24(2,3)4)27(23(31)38-25(5,6)7)17(16)9-15-10-19-20(36-14-35-19)12-18(15)28(32)33/h10,12,16-17H,8-9,11,13-14H2,1-7H3/t16-,17+/m0/s1. The van der Waals surface area contributed by atoms with Gasteiger partial charge in [0.1, 0.15) is 11.2 Å².